The third-order valence-corrected chi connectivity index (χ3v) is 3.23. The van der Waals surface area contributed by atoms with Gasteiger partial charge in [0.25, 0.3) is 0 Å². The molecular weight excluding hydrogens is 152 g/mol. The molecule has 2 fully saturated rings. The third kappa shape index (κ3) is 1.80. The molecule has 1 saturated heterocycles. The molecule has 2 aliphatic rings. The van der Waals surface area contributed by atoms with E-state index in [-0.39, 0.29) is 0 Å². The minimum atomic E-state index is -0.463. The fourth-order valence-corrected chi connectivity index (χ4v) is 2.51. The highest BCUT2D eigenvalue weighted by molar-refractivity contribution is 4.86. The van der Waals surface area contributed by atoms with Gasteiger partial charge in [-0.25, -0.2) is 0 Å². The molecule has 1 unspecified atom stereocenters. The van der Waals surface area contributed by atoms with Crippen LogP contribution in [0.4, 0.5) is 0 Å². The highest BCUT2D eigenvalue weighted by atomic mass is 16.5. The predicted molar refractivity (Wildman–Crippen MR) is 47.0 cm³/mol. The molecular formula is C10H18O2. The Morgan fingerprint density at radius 3 is 2.67 bits per heavy atom. The van der Waals surface area contributed by atoms with Crippen LogP contribution in [0, 0.1) is 5.92 Å². The van der Waals surface area contributed by atoms with Gasteiger partial charge in [-0.15, -0.1) is 0 Å². The molecule has 12 heavy (non-hydrogen) atoms. The number of hydrogen-bond acceptors (Lipinski definition) is 2. The Kier molecular flexibility index (Phi) is 2.37. The topological polar surface area (TPSA) is 29.5 Å². The summed E-state index contributed by atoms with van der Waals surface area (Å²) >= 11 is 0. The first-order valence-electron chi connectivity index (χ1n) is 5.09. The zero-order valence-electron chi connectivity index (χ0n) is 7.59. The monoisotopic (exact) mass is 170 g/mol. The number of ether oxygens (including phenoxy) is 1. The largest absolute Gasteiger partial charge is 0.387 e. The third-order valence-electron chi connectivity index (χ3n) is 3.23. The van der Waals surface area contributed by atoms with E-state index in [0.29, 0.717) is 6.61 Å². The summed E-state index contributed by atoms with van der Waals surface area (Å²) < 4.78 is 5.22. The summed E-state index contributed by atoms with van der Waals surface area (Å²) in [6.07, 6.45) is 7.20. The Labute approximate surface area is 73.9 Å². The first kappa shape index (κ1) is 8.52. The van der Waals surface area contributed by atoms with Crippen molar-refractivity contribution in [2.24, 2.45) is 5.92 Å². The predicted octanol–water partition coefficient (Wildman–Crippen LogP) is 1.72. The van der Waals surface area contributed by atoms with Gasteiger partial charge in [0.05, 0.1) is 12.2 Å². The Bertz CT molecular complexity index is 144. The van der Waals surface area contributed by atoms with E-state index in [1.165, 1.54) is 25.7 Å². The van der Waals surface area contributed by atoms with Gasteiger partial charge in [-0.1, -0.05) is 25.7 Å². The molecule has 0 aromatic carbocycles. The second kappa shape index (κ2) is 3.35. The van der Waals surface area contributed by atoms with Crippen LogP contribution in [-0.2, 0) is 4.74 Å². The standard InChI is InChI=1S/C10H18O2/c11-10(5-6-12-8-10)7-9-3-1-2-4-9/h9,11H,1-8H2. The van der Waals surface area contributed by atoms with Crippen LogP contribution in [0.1, 0.15) is 38.5 Å². The van der Waals surface area contributed by atoms with E-state index in [1.807, 2.05) is 0 Å². The maximum absolute atomic E-state index is 10.0. The zero-order chi connectivity index (χ0) is 8.44. The van der Waals surface area contributed by atoms with Crippen molar-refractivity contribution in [2.45, 2.75) is 44.1 Å². The van der Waals surface area contributed by atoms with Crippen LogP contribution in [0.3, 0.4) is 0 Å². The van der Waals surface area contributed by atoms with Crippen molar-refractivity contribution in [2.75, 3.05) is 13.2 Å². The lowest BCUT2D eigenvalue weighted by atomic mass is 9.89. The Hall–Kier alpha value is -0.0800. The minimum Gasteiger partial charge on any atom is -0.387 e. The SMILES string of the molecule is OC1(CC2CCCC2)CCOC1. The lowest BCUT2D eigenvalue weighted by molar-refractivity contribution is 0.00615. The van der Waals surface area contributed by atoms with Gasteiger partial charge in [-0.2, -0.15) is 0 Å². The molecule has 2 nitrogen and oxygen atoms in total. The summed E-state index contributed by atoms with van der Waals surface area (Å²) in [4.78, 5) is 0. The first-order chi connectivity index (χ1) is 5.79. The Morgan fingerprint density at radius 2 is 2.08 bits per heavy atom. The van der Waals surface area contributed by atoms with Crippen LogP contribution in [-0.4, -0.2) is 23.9 Å². The molecule has 0 aromatic heterocycles. The maximum Gasteiger partial charge on any atom is 0.0904 e. The van der Waals surface area contributed by atoms with E-state index in [2.05, 4.69) is 0 Å². The zero-order valence-corrected chi connectivity index (χ0v) is 7.59. The lowest BCUT2D eigenvalue weighted by Crippen LogP contribution is -2.31. The maximum atomic E-state index is 10.0. The molecule has 0 amide bonds. The molecule has 1 aliphatic heterocycles. The van der Waals surface area contributed by atoms with E-state index < -0.39 is 5.60 Å². The van der Waals surface area contributed by atoms with E-state index >= 15 is 0 Å². The molecule has 0 bridgehead atoms. The van der Waals surface area contributed by atoms with Crippen LogP contribution in [0.5, 0.6) is 0 Å². The second-order valence-corrected chi connectivity index (χ2v) is 4.38. The summed E-state index contributed by atoms with van der Waals surface area (Å²) in [6.45, 7) is 1.33. The average molecular weight is 170 g/mol. The van der Waals surface area contributed by atoms with Gasteiger partial charge >= 0.3 is 0 Å². The van der Waals surface area contributed by atoms with Gasteiger partial charge in [0.1, 0.15) is 0 Å². The highest BCUT2D eigenvalue weighted by Gasteiger charge is 2.35. The fraction of sp³-hybridized carbons (Fsp3) is 1.00. The summed E-state index contributed by atoms with van der Waals surface area (Å²) in [7, 11) is 0. The van der Waals surface area contributed by atoms with Gasteiger partial charge in [-0.05, 0) is 12.3 Å². The molecule has 0 radical (unpaired) electrons. The van der Waals surface area contributed by atoms with Crippen LogP contribution < -0.4 is 0 Å². The molecule has 0 spiro atoms. The van der Waals surface area contributed by atoms with E-state index in [1.54, 1.807) is 0 Å². The van der Waals surface area contributed by atoms with Crippen LogP contribution in [0.2, 0.25) is 0 Å². The fourth-order valence-electron chi connectivity index (χ4n) is 2.51. The molecule has 1 saturated carbocycles. The minimum absolute atomic E-state index is 0.463. The van der Waals surface area contributed by atoms with Gasteiger partial charge < -0.3 is 9.84 Å². The molecule has 1 N–H and O–H groups in total. The van der Waals surface area contributed by atoms with Crippen LogP contribution in [0.25, 0.3) is 0 Å². The molecule has 0 aromatic rings. The van der Waals surface area contributed by atoms with Crippen molar-refractivity contribution in [1.29, 1.82) is 0 Å². The first-order valence-corrected chi connectivity index (χ1v) is 5.09. The molecule has 1 aliphatic carbocycles. The van der Waals surface area contributed by atoms with Crippen LogP contribution >= 0.6 is 0 Å². The number of rotatable bonds is 2. The smallest absolute Gasteiger partial charge is 0.0904 e. The molecule has 2 rings (SSSR count). The van der Waals surface area contributed by atoms with Crippen molar-refractivity contribution >= 4 is 0 Å². The van der Waals surface area contributed by atoms with Gasteiger partial charge in [0.2, 0.25) is 0 Å². The van der Waals surface area contributed by atoms with E-state index in [4.69, 9.17) is 4.74 Å². The van der Waals surface area contributed by atoms with Crippen molar-refractivity contribution in [1.82, 2.24) is 0 Å². The number of hydrogen-bond donors (Lipinski definition) is 1. The lowest BCUT2D eigenvalue weighted by Gasteiger charge is -2.23. The average Bonchev–Trinajstić information content (AvgIpc) is 2.62. The van der Waals surface area contributed by atoms with E-state index in [0.717, 1.165) is 25.4 Å². The molecule has 1 heterocycles. The summed E-state index contributed by atoms with van der Waals surface area (Å²) in [5, 5.41) is 10.0. The van der Waals surface area contributed by atoms with Crippen molar-refractivity contribution in [3.8, 4) is 0 Å². The summed E-state index contributed by atoms with van der Waals surface area (Å²) in [5.74, 6) is 0.775. The molecule has 1 atom stereocenters. The van der Waals surface area contributed by atoms with E-state index in [9.17, 15) is 5.11 Å². The number of aliphatic hydroxyl groups is 1. The van der Waals surface area contributed by atoms with Crippen molar-refractivity contribution < 1.29 is 9.84 Å². The quantitative estimate of drug-likeness (QED) is 0.683. The molecule has 70 valence electrons. The molecule has 2 heteroatoms. The van der Waals surface area contributed by atoms with Gasteiger partial charge in [-0.3, -0.25) is 0 Å². The summed E-state index contributed by atoms with van der Waals surface area (Å²) in [6, 6.07) is 0. The van der Waals surface area contributed by atoms with Gasteiger partial charge in [0.15, 0.2) is 0 Å². The van der Waals surface area contributed by atoms with Crippen LogP contribution in [0.15, 0.2) is 0 Å². The second-order valence-electron chi connectivity index (χ2n) is 4.38. The highest BCUT2D eigenvalue weighted by Crippen LogP contribution is 2.34. The Balaban J connectivity index is 1.83. The Morgan fingerprint density at radius 1 is 1.33 bits per heavy atom. The van der Waals surface area contributed by atoms with Gasteiger partial charge in [0, 0.05) is 13.0 Å². The summed E-state index contributed by atoms with van der Waals surface area (Å²) in [5.41, 5.74) is -0.463. The van der Waals surface area contributed by atoms with Crippen molar-refractivity contribution in [3.05, 3.63) is 0 Å². The normalized spacial score (nSPS) is 37.8. The van der Waals surface area contributed by atoms with Crippen molar-refractivity contribution in [3.63, 3.8) is 0 Å².